The summed E-state index contributed by atoms with van der Waals surface area (Å²) in [6, 6.07) is 5.86. The summed E-state index contributed by atoms with van der Waals surface area (Å²) in [5.74, 6) is 0.764. The van der Waals surface area contributed by atoms with Crippen molar-refractivity contribution in [2.45, 2.75) is 32.3 Å². The fourth-order valence-electron chi connectivity index (χ4n) is 1.92. The van der Waals surface area contributed by atoms with Crippen LogP contribution in [0.4, 0.5) is 5.69 Å². The van der Waals surface area contributed by atoms with Crippen LogP contribution in [0.15, 0.2) is 18.2 Å². The molecule has 0 spiro atoms. The zero-order chi connectivity index (χ0) is 11.4. The largest absolute Gasteiger partial charge is 0.489 e. The smallest absolute Gasteiger partial charge is 0.142 e. The lowest BCUT2D eigenvalue weighted by Gasteiger charge is -2.23. The van der Waals surface area contributed by atoms with Crippen molar-refractivity contribution in [1.29, 1.82) is 0 Å². The summed E-state index contributed by atoms with van der Waals surface area (Å²) in [6.45, 7) is 3.48. The number of benzene rings is 1. The number of hydrogen-bond acceptors (Lipinski definition) is 3. The fourth-order valence-corrected chi connectivity index (χ4v) is 1.92. The summed E-state index contributed by atoms with van der Waals surface area (Å²) >= 11 is 0. The minimum Gasteiger partial charge on any atom is -0.489 e. The van der Waals surface area contributed by atoms with Crippen LogP contribution in [0.5, 0.6) is 5.75 Å². The van der Waals surface area contributed by atoms with Gasteiger partial charge in [-0.15, -0.1) is 0 Å². The molecule has 0 aromatic heterocycles. The van der Waals surface area contributed by atoms with E-state index in [0.29, 0.717) is 12.3 Å². The van der Waals surface area contributed by atoms with Gasteiger partial charge < -0.3 is 15.2 Å². The van der Waals surface area contributed by atoms with Crippen molar-refractivity contribution < 1.29 is 9.47 Å². The molecule has 1 fully saturated rings. The highest BCUT2D eigenvalue weighted by Crippen LogP contribution is 2.23. The van der Waals surface area contributed by atoms with Gasteiger partial charge in [0.1, 0.15) is 12.4 Å². The van der Waals surface area contributed by atoms with Crippen LogP contribution in [0.25, 0.3) is 0 Å². The topological polar surface area (TPSA) is 44.5 Å². The number of hydrogen-bond donors (Lipinski definition) is 1. The third-order valence-electron chi connectivity index (χ3n) is 2.86. The first-order valence-electron chi connectivity index (χ1n) is 5.86. The van der Waals surface area contributed by atoms with Crippen molar-refractivity contribution in [2.75, 3.05) is 18.9 Å². The minimum atomic E-state index is 0.231. The predicted octanol–water partition coefficient (Wildman–Crippen LogP) is 2.53. The lowest BCUT2D eigenvalue weighted by Crippen LogP contribution is -2.25. The zero-order valence-electron chi connectivity index (χ0n) is 9.74. The van der Waals surface area contributed by atoms with E-state index >= 15 is 0 Å². The molecular weight excluding hydrogens is 202 g/mol. The Morgan fingerprint density at radius 2 is 2.31 bits per heavy atom. The highest BCUT2D eigenvalue weighted by atomic mass is 16.5. The van der Waals surface area contributed by atoms with Crippen LogP contribution in [0.2, 0.25) is 0 Å². The lowest BCUT2D eigenvalue weighted by molar-refractivity contribution is -0.0109. The van der Waals surface area contributed by atoms with Crippen LogP contribution in [0, 0.1) is 6.92 Å². The molecule has 1 unspecified atom stereocenters. The Hall–Kier alpha value is -1.22. The van der Waals surface area contributed by atoms with Gasteiger partial charge >= 0.3 is 0 Å². The maximum atomic E-state index is 5.87. The zero-order valence-corrected chi connectivity index (χ0v) is 9.74. The van der Waals surface area contributed by atoms with E-state index in [0.717, 1.165) is 24.3 Å². The molecular formula is C13H19NO2. The third kappa shape index (κ3) is 2.89. The first-order chi connectivity index (χ1) is 7.75. The summed E-state index contributed by atoms with van der Waals surface area (Å²) in [4.78, 5) is 0. The summed E-state index contributed by atoms with van der Waals surface area (Å²) < 4.78 is 11.3. The highest BCUT2D eigenvalue weighted by molar-refractivity contribution is 5.53. The monoisotopic (exact) mass is 221 g/mol. The highest BCUT2D eigenvalue weighted by Gasteiger charge is 2.14. The Bertz CT molecular complexity index is 346. The van der Waals surface area contributed by atoms with E-state index in [1.165, 1.54) is 12.8 Å². The standard InChI is InChI=1S/C13H19NO2/c1-10-5-6-13(12(14)8-10)16-9-11-4-2-3-7-15-11/h5-6,8,11H,2-4,7,9,14H2,1H3. The summed E-state index contributed by atoms with van der Waals surface area (Å²) in [5, 5.41) is 0. The molecule has 3 nitrogen and oxygen atoms in total. The average molecular weight is 221 g/mol. The second-order valence-electron chi connectivity index (χ2n) is 4.34. The fraction of sp³-hybridized carbons (Fsp3) is 0.538. The van der Waals surface area contributed by atoms with Crippen molar-refractivity contribution in [3.8, 4) is 5.75 Å². The number of nitrogen functional groups attached to an aromatic ring is 1. The van der Waals surface area contributed by atoms with Crippen LogP contribution in [-0.2, 0) is 4.74 Å². The summed E-state index contributed by atoms with van der Waals surface area (Å²) in [7, 11) is 0. The molecule has 2 N–H and O–H groups in total. The average Bonchev–Trinajstić information content (AvgIpc) is 2.29. The van der Waals surface area contributed by atoms with E-state index < -0.39 is 0 Å². The molecule has 1 aromatic rings. The van der Waals surface area contributed by atoms with Gasteiger partial charge in [-0.3, -0.25) is 0 Å². The third-order valence-corrected chi connectivity index (χ3v) is 2.86. The van der Waals surface area contributed by atoms with Crippen molar-refractivity contribution >= 4 is 5.69 Å². The Morgan fingerprint density at radius 3 is 3.00 bits per heavy atom. The Labute approximate surface area is 96.5 Å². The molecule has 0 amide bonds. The van der Waals surface area contributed by atoms with Gasteiger partial charge in [-0.05, 0) is 43.9 Å². The van der Waals surface area contributed by atoms with E-state index in [2.05, 4.69) is 0 Å². The van der Waals surface area contributed by atoms with Gasteiger partial charge in [0.05, 0.1) is 11.8 Å². The second-order valence-corrected chi connectivity index (χ2v) is 4.34. The van der Waals surface area contributed by atoms with Gasteiger partial charge in [0.25, 0.3) is 0 Å². The maximum absolute atomic E-state index is 5.87. The van der Waals surface area contributed by atoms with Crippen LogP contribution in [0.3, 0.4) is 0 Å². The lowest BCUT2D eigenvalue weighted by atomic mass is 10.1. The van der Waals surface area contributed by atoms with Crippen LogP contribution < -0.4 is 10.5 Å². The first kappa shape index (κ1) is 11.3. The van der Waals surface area contributed by atoms with E-state index in [1.54, 1.807) is 0 Å². The number of aryl methyl sites for hydroxylation is 1. The normalized spacial score (nSPS) is 20.7. The number of anilines is 1. The van der Waals surface area contributed by atoms with E-state index in [1.807, 2.05) is 25.1 Å². The van der Waals surface area contributed by atoms with Gasteiger partial charge in [0.15, 0.2) is 0 Å². The van der Waals surface area contributed by atoms with Gasteiger partial charge in [0.2, 0.25) is 0 Å². The van der Waals surface area contributed by atoms with E-state index in [-0.39, 0.29) is 6.10 Å². The summed E-state index contributed by atoms with van der Waals surface area (Å²) in [5.41, 5.74) is 7.73. The van der Waals surface area contributed by atoms with Crippen LogP contribution >= 0.6 is 0 Å². The molecule has 1 saturated heterocycles. The maximum Gasteiger partial charge on any atom is 0.142 e. The second kappa shape index (κ2) is 5.21. The molecule has 1 aromatic carbocycles. The minimum absolute atomic E-state index is 0.231. The molecule has 0 radical (unpaired) electrons. The molecule has 1 atom stereocenters. The van der Waals surface area contributed by atoms with Crippen molar-refractivity contribution in [1.82, 2.24) is 0 Å². The molecule has 16 heavy (non-hydrogen) atoms. The van der Waals surface area contributed by atoms with Crippen molar-refractivity contribution in [3.05, 3.63) is 23.8 Å². The van der Waals surface area contributed by atoms with Gasteiger partial charge in [-0.2, -0.15) is 0 Å². The number of rotatable bonds is 3. The predicted molar refractivity (Wildman–Crippen MR) is 64.7 cm³/mol. The number of nitrogens with two attached hydrogens (primary N) is 1. The number of ether oxygens (including phenoxy) is 2. The van der Waals surface area contributed by atoms with Crippen molar-refractivity contribution in [2.24, 2.45) is 0 Å². The first-order valence-corrected chi connectivity index (χ1v) is 5.86. The molecule has 1 aliphatic rings. The van der Waals surface area contributed by atoms with Gasteiger partial charge in [-0.1, -0.05) is 6.07 Å². The Kier molecular flexibility index (Phi) is 3.67. The molecule has 88 valence electrons. The summed E-state index contributed by atoms with van der Waals surface area (Å²) in [6.07, 6.45) is 3.72. The molecule has 0 aliphatic carbocycles. The molecule has 0 saturated carbocycles. The van der Waals surface area contributed by atoms with Crippen LogP contribution in [0.1, 0.15) is 24.8 Å². The Morgan fingerprint density at radius 1 is 1.44 bits per heavy atom. The van der Waals surface area contributed by atoms with Gasteiger partial charge in [-0.25, -0.2) is 0 Å². The van der Waals surface area contributed by atoms with Gasteiger partial charge in [0, 0.05) is 6.61 Å². The molecule has 2 rings (SSSR count). The van der Waals surface area contributed by atoms with Crippen LogP contribution in [-0.4, -0.2) is 19.3 Å². The molecule has 1 heterocycles. The SMILES string of the molecule is Cc1ccc(OCC2CCCCO2)c(N)c1. The molecule has 0 bridgehead atoms. The molecule has 1 aliphatic heterocycles. The van der Waals surface area contributed by atoms with E-state index in [9.17, 15) is 0 Å². The van der Waals surface area contributed by atoms with E-state index in [4.69, 9.17) is 15.2 Å². The Balaban J connectivity index is 1.88. The quantitative estimate of drug-likeness (QED) is 0.798. The van der Waals surface area contributed by atoms with Crippen molar-refractivity contribution in [3.63, 3.8) is 0 Å². The molecule has 3 heteroatoms.